The Morgan fingerprint density at radius 3 is 2.69 bits per heavy atom. The van der Waals surface area contributed by atoms with E-state index in [0.717, 1.165) is 25.8 Å². The van der Waals surface area contributed by atoms with Crippen molar-refractivity contribution in [3.05, 3.63) is 35.9 Å². The van der Waals surface area contributed by atoms with E-state index in [-0.39, 0.29) is 12.6 Å². The van der Waals surface area contributed by atoms with E-state index < -0.39 is 0 Å². The van der Waals surface area contributed by atoms with Crippen LogP contribution >= 0.6 is 0 Å². The summed E-state index contributed by atoms with van der Waals surface area (Å²) in [5, 5.41) is 12.5. The molecule has 1 rings (SSSR count). The molecule has 2 nitrogen and oxygen atoms in total. The van der Waals surface area contributed by atoms with Crippen molar-refractivity contribution >= 4 is 0 Å². The van der Waals surface area contributed by atoms with Gasteiger partial charge in [-0.15, -0.1) is 12.3 Å². The van der Waals surface area contributed by atoms with Gasteiger partial charge in [-0.3, -0.25) is 0 Å². The summed E-state index contributed by atoms with van der Waals surface area (Å²) in [4.78, 5) is 0. The van der Waals surface area contributed by atoms with Crippen LogP contribution in [0.5, 0.6) is 0 Å². The first-order valence-corrected chi connectivity index (χ1v) is 5.68. The largest absolute Gasteiger partial charge is 0.395 e. The van der Waals surface area contributed by atoms with E-state index in [4.69, 9.17) is 6.42 Å². The molecule has 86 valence electrons. The summed E-state index contributed by atoms with van der Waals surface area (Å²) in [6.07, 6.45) is 7.78. The third-order valence-electron chi connectivity index (χ3n) is 2.48. The quantitative estimate of drug-likeness (QED) is 0.537. The van der Waals surface area contributed by atoms with Crippen molar-refractivity contribution in [2.45, 2.75) is 25.3 Å². The number of rotatable bonds is 7. The SMILES string of the molecule is C#CCCCNC(CO)Cc1ccccc1. The molecule has 0 aliphatic carbocycles. The van der Waals surface area contributed by atoms with E-state index in [2.05, 4.69) is 23.4 Å². The van der Waals surface area contributed by atoms with Crippen molar-refractivity contribution in [1.29, 1.82) is 0 Å². The standard InChI is InChI=1S/C14H19NO/c1-2-3-7-10-15-14(12-16)11-13-8-5-4-6-9-13/h1,4-6,8-9,14-16H,3,7,10-12H2. The average molecular weight is 217 g/mol. The third-order valence-corrected chi connectivity index (χ3v) is 2.48. The molecular weight excluding hydrogens is 198 g/mol. The zero-order chi connectivity index (χ0) is 11.6. The maximum absolute atomic E-state index is 9.24. The number of benzene rings is 1. The lowest BCUT2D eigenvalue weighted by molar-refractivity contribution is 0.241. The number of terminal acetylenes is 1. The maximum atomic E-state index is 9.24. The van der Waals surface area contributed by atoms with E-state index in [1.165, 1.54) is 5.56 Å². The van der Waals surface area contributed by atoms with Gasteiger partial charge in [0, 0.05) is 12.5 Å². The van der Waals surface area contributed by atoms with Crippen molar-refractivity contribution in [3.8, 4) is 12.3 Å². The number of unbranched alkanes of at least 4 members (excludes halogenated alkanes) is 1. The van der Waals surface area contributed by atoms with Crippen LogP contribution in [0.25, 0.3) is 0 Å². The van der Waals surface area contributed by atoms with Gasteiger partial charge in [-0.1, -0.05) is 30.3 Å². The lowest BCUT2D eigenvalue weighted by Crippen LogP contribution is -2.35. The molecule has 0 amide bonds. The van der Waals surface area contributed by atoms with E-state index in [0.29, 0.717) is 0 Å². The van der Waals surface area contributed by atoms with Crippen LogP contribution in [0.4, 0.5) is 0 Å². The van der Waals surface area contributed by atoms with Gasteiger partial charge in [0.25, 0.3) is 0 Å². The molecule has 0 spiro atoms. The molecule has 16 heavy (non-hydrogen) atoms. The first-order chi connectivity index (χ1) is 7.86. The van der Waals surface area contributed by atoms with Crippen molar-refractivity contribution in [3.63, 3.8) is 0 Å². The Hall–Kier alpha value is -1.30. The highest BCUT2D eigenvalue weighted by Crippen LogP contribution is 2.02. The van der Waals surface area contributed by atoms with Gasteiger partial charge in [0.15, 0.2) is 0 Å². The Morgan fingerprint density at radius 2 is 2.06 bits per heavy atom. The summed E-state index contributed by atoms with van der Waals surface area (Å²) in [5.74, 6) is 2.61. The summed E-state index contributed by atoms with van der Waals surface area (Å²) in [5.41, 5.74) is 1.24. The van der Waals surface area contributed by atoms with E-state index >= 15 is 0 Å². The Labute approximate surface area is 97.7 Å². The second-order valence-corrected chi connectivity index (χ2v) is 3.83. The first-order valence-electron chi connectivity index (χ1n) is 5.68. The second-order valence-electron chi connectivity index (χ2n) is 3.83. The molecule has 1 unspecified atom stereocenters. The van der Waals surface area contributed by atoms with Gasteiger partial charge in [0.05, 0.1) is 6.61 Å². The Kier molecular flexibility index (Phi) is 6.32. The molecule has 0 saturated heterocycles. The Bertz CT molecular complexity index is 315. The fraction of sp³-hybridized carbons (Fsp3) is 0.429. The van der Waals surface area contributed by atoms with Crippen LogP contribution in [0.3, 0.4) is 0 Å². The highest BCUT2D eigenvalue weighted by atomic mass is 16.3. The molecule has 0 aliphatic heterocycles. The van der Waals surface area contributed by atoms with Crippen molar-refractivity contribution in [1.82, 2.24) is 5.32 Å². The van der Waals surface area contributed by atoms with Gasteiger partial charge < -0.3 is 10.4 Å². The Balaban J connectivity index is 2.30. The molecule has 2 N–H and O–H groups in total. The lowest BCUT2D eigenvalue weighted by atomic mass is 10.1. The maximum Gasteiger partial charge on any atom is 0.0587 e. The summed E-state index contributed by atoms with van der Waals surface area (Å²) in [7, 11) is 0. The molecular formula is C14H19NO. The van der Waals surface area contributed by atoms with Gasteiger partial charge in [-0.2, -0.15) is 0 Å². The van der Waals surface area contributed by atoms with E-state index in [9.17, 15) is 5.11 Å². The summed E-state index contributed by atoms with van der Waals surface area (Å²) >= 11 is 0. The molecule has 0 bridgehead atoms. The smallest absolute Gasteiger partial charge is 0.0587 e. The number of aliphatic hydroxyl groups excluding tert-OH is 1. The predicted molar refractivity (Wildman–Crippen MR) is 67.1 cm³/mol. The molecule has 1 aromatic rings. The average Bonchev–Trinajstić information content (AvgIpc) is 2.34. The molecule has 0 heterocycles. The molecule has 0 aliphatic rings. The monoisotopic (exact) mass is 217 g/mol. The highest BCUT2D eigenvalue weighted by Gasteiger charge is 2.06. The van der Waals surface area contributed by atoms with Crippen LogP contribution in [0.15, 0.2) is 30.3 Å². The molecule has 0 saturated carbocycles. The van der Waals surface area contributed by atoms with Crippen LogP contribution < -0.4 is 5.32 Å². The van der Waals surface area contributed by atoms with Crippen molar-refractivity contribution in [2.24, 2.45) is 0 Å². The van der Waals surface area contributed by atoms with Gasteiger partial charge in [-0.05, 0) is 24.9 Å². The summed E-state index contributed by atoms with van der Waals surface area (Å²) in [6, 6.07) is 10.3. The number of aliphatic hydroxyl groups is 1. The molecule has 1 atom stereocenters. The van der Waals surface area contributed by atoms with Crippen LogP contribution in [-0.2, 0) is 6.42 Å². The van der Waals surface area contributed by atoms with Crippen molar-refractivity contribution < 1.29 is 5.11 Å². The number of hydrogen-bond acceptors (Lipinski definition) is 2. The van der Waals surface area contributed by atoms with Gasteiger partial charge in [0.1, 0.15) is 0 Å². The minimum Gasteiger partial charge on any atom is -0.395 e. The third kappa shape index (κ3) is 4.97. The Morgan fingerprint density at radius 1 is 1.31 bits per heavy atom. The highest BCUT2D eigenvalue weighted by molar-refractivity contribution is 5.15. The van der Waals surface area contributed by atoms with Crippen LogP contribution in [-0.4, -0.2) is 24.3 Å². The summed E-state index contributed by atoms with van der Waals surface area (Å²) in [6.45, 7) is 1.02. The van der Waals surface area contributed by atoms with Crippen molar-refractivity contribution in [2.75, 3.05) is 13.2 Å². The lowest BCUT2D eigenvalue weighted by Gasteiger charge is -2.15. The number of hydrogen-bond donors (Lipinski definition) is 2. The minimum absolute atomic E-state index is 0.125. The fourth-order valence-corrected chi connectivity index (χ4v) is 1.60. The molecule has 2 heteroatoms. The van der Waals surface area contributed by atoms with Crippen LogP contribution in [0.1, 0.15) is 18.4 Å². The normalized spacial score (nSPS) is 12.0. The zero-order valence-corrected chi connectivity index (χ0v) is 9.52. The van der Waals surface area contributed by atoms with Crippen LogP contribution in [0, 0.1) is 12.3 Å². The zero-order valence-electron chi connectivity index (χ0n) is 9.52. The van der Waals surface area contributed by atoms with E-state index in [1.807, 2.05) is 18.2 Å². The molecule has 0 radical (unpaired) electrons. The predicted octanol–water partition coefficient (Wildman–Crippen LogP) is 1.59. The first kappa shape index (κ1) is 12.8. The molecule has 1 aromatic carbocycles. The molecule has 0 aromatic heterocycles. The second kappa shape index (κ2) is 7.92. The van der Waals surface area contributed by atoms with Gasteiger partial charge >= 0.3 is 0 Å². The summed E-state index contributed by atoms with van der Waals surface area (Å²) < 4.78 is 0. The topological polar surface area (TPSA) is 32.3 Å². The van der Waals surface area contributed by atoms with Gasteiger partial charge in [-0.25, -0.2) is 0 Å². The van der Waals surface area contributed by atoms with Crippen LogP contribution in [0.2, 0.25) is 0 Å². The van der Waals surface area contributed by atoms with Gasteiger partial charge in [0.2, 0.25) is 0 Å². The number of nitrogens with one attached hydrogen (secondary N) is 1. The fourth-order valence-electron chi connectivity index (χ4n) is 1.60. The minimum atomic E-state index is 0.125. The van der Waals surface area contributed by atoms with E-state index in [1.54, 1.807) is 0 Å². The molecule has 0 fully saturated rings.